The Kier molecular flexibility index (Phi) is 6.97. The van der Waals surface area contributed by atoms with Gasteiger partial charge in [-0.1, -0.05) is 12.8 Å². The molecule has 0 aliphatic carbocycles. The van der Waals surface area contributed by atoms with E-state index in [4.69, 9.17) is 5.73 Å². The minimum Gasteiger partial charge on any atom is -0.316 e. The molecule has 1 nitrogen and oxygen atoms in total. The third-order valence-corrected chi connectivity index (χ3v) is 0.786. The molecule has 0 amide bonds. The second-order valence-electron chi connectivity index (χ2n) is 2.77. The Morgan fingerprint density at radius 1 is 1.40 bits per heavy atom. The van der Waals surface area contributed by atoms with E-state index in [9.17, 15) is 0 Å². The van der Waals surface area contributed by atoms with Gasteiger partial charge in [0.05, 0.1) is 5.54 Å². The molecule has 0 atom stereocenters. The minimum atomic E-state index is -0.310. The Morgan fingerprint density at radius 2 is 1.90 bits per heavy atom. The molecule has 0 saturated carbocycles. The summed E-state index contributed by atoms with van der Waals surface area (Å²) in [7, 11) is 0. The third-order valence-electron chi connectivity index (χ3n) is 0.786. The van der Waals surface area contributed by atoms with Gasteiger partial charge in [0.15, 0.2) is 0 Å². The second kappa shape index (κ2) is 5.58. The summed E-state index contributed by atoms with van der Waals surface area (Å²) < 4.78 is 0. The molecule has 0 fully saturated rings. The predicted molar refractivity (Wildman–Crippen MR) is 48.2 cm³/mol. The van der Waals surface area contributed by atoms with Gasteiger partial charge in [-0.05, 0) is 20.3 Å². The van der Waals surface area contributed by atoms with Gasteiger partial charge in [0.25, 0.3) is 0 Å². The quantitative estimate of drug-likeness (QED) is 0.585. The van der Waals surface area contributed by atoms with E-state index in [-0.39, 0.29) is 17.9 Å². The first-order valence-electron chi connectivity index (χ1n) is 3.35. The van der Waals surface area contributed by atoms with Gasteiger partial charge in [-0.15, -0.1) is 18.3 Å². The Morgan fingerprint density at radius 3 is 2.20 bits per heavy atom. The lowest BCUT2D eigenvalue weighted by molar-refractivity contribution is 0.679. The normalized spacial score (nSPS) is 9.20. The van der Waals surface area contributed by atoms with Gasteiger partial charge >= 0.3 is 0 Å². The van der Waals surface area contributed by atoms with Gasteiger partial charge in [0.1, 0.15) is 0 Å². The van der Waals surface area contributed by atoms with Crippen LogP contribution in [0, 0.1) is 11.8 Å². The largest absolute Gasteiger partial charge is 0.316 e. The monoisotopic (exact) mass is 161 g/mol. The standard InChI is InChI=1S/C8H15N.ClH/c1-4-5-6-7-8(2,3)9;/h4-5,9H2,1-3H3;1H. The number of halogens is 1. The molecule has 0 heterocycles. The van der Waals surface area contributed by atoms with Crippen LogP contribution in [-0.4, -0.2) is 5.54 Å². The second-order valence-corrected chi connectivity index (χ2v) is 2.77. The van der Waals surface area contributed by atoms with Crippen molar-refractivity contribution in [2.75, 3.05) is 0 Å². The SMILES string of the molecule is CCCC#CC(C)(C)N.Cl. The first kappa shape index (κ1) is 12.5. The van der Waals surface area contributed by atoms with E-state index < -0.39 is 0 Å². The predicted octanol–water partition coefficient (Wildman–Crippen LogP) is 1.95. The molecule has 0 spiro atoms. The van der Waals surface area contributed by atoms with E-state index >= 15 is 0 Å². The van der Waals surface area contributed by atoms with E-state index in [1.807, 2.05) is 13.8 Å². The highest BCUT2D eigenvalue weighted by molar-refractivity contribution is 5.85. The van der Waals surface area contributed by atoms with Gasteiger partial charge in [0, 0.05) is 6.42 Å². The van der Waals surface area contributed by atoms with Gasteiger partial charge in [0.2, 0.25) is 0 Å². The first-order valence-corrected chi connectivity index (χ1v) is 3.35. The molecule has 0 rings (SSSR count). The molecule has 0 aromatic rings. The van der Waals surface area contributed by atoms with Crippen molar-refractivity contribution in [1.82, 2.24) is 0 Å². The van der Waals surface area contributed by atoms with Crippen LogP contribution in [-0.2, 0) is 0 Å². The van der Waals surface area contributed by atoms with Crippen LogP contribution in [0.2, 0.25) is 0 Å². The van der Waals surface area contributed by atoms with E-state index in [0.717, 1.165) is 12.8 Å². The zero-order valence-corrected chi connectivity index (χ0v) is 7.72. The fourth-order valence-electron chi connectivity index (χ4n) is 0.415. The summed E-state index contributed by atoms with van der Waals surface area (Å²) in [6.45, 7) is 5.93. The maximum absolute atomic E-state index is 5.60. The van der Waals surface area contributed by atoms with Crippen LogP contribution in [0.15, 0.2) is 0 Å². The van der Waals surface area contributed by atoms with E-state index in [2.05, 4.69) is 18.8 Å². The van der Waals surface area contributed by atoms with Crippen LogP contribution in [0.4, 0.5) is 0 Å². The highest BCUT2D eigenvalue weighted by atomic mass is 35.5. The van der Waals surface area contributed by atoms with Crippen LogP contribution in [0.25, 0.3) is 0 Å². The molecule has 0 aliphatic heterocycles. The zero-order valence-electron chi connectivity index (χ0n) is 6.90. The molecule has 10 heavy (non-hydrogen) atoms. The lowest BCUT2D eigenvalue weighted by Crippen LogP contribution is -2.29. The maximum Gasteiger partial charge on any atom is 0.0719 e. The smallest absolute Gasteiger partial charge is 0.0719 e. The van der Waals surface area contributed by atoms with Crippen molar-refractivity contribution < 1.29 is 0 Å². The molecule has 0 aromatic carbocycles. The summed E-state index contributed by atoms with van der Waals surface area (Å²) in [5, 5.41) is 0. The van der Waals surface area contributed by atoms with Crippen LogP contribution < -0.4 is 5.73 Å². The van der Waals surface area contributed by atoms with Crippen LogP contribution in [0.1, 0.15) is 33.6 Å². The fourth-order valence-corrected chi connectivity index (χ4v) is 0.415. The summed E-state index contributed by atoms with van der Waals surface area (Å²) in [6, 6.07) is 0. The molecule has 60 valence electrons. The number of nitrogens with two attached hydrogens (primary N) is 1. The van der Waals surface area contributed by atoms with Gasteiger partial charge in [-0.3, -0.25) is 0 Å². The minimum absolute atomic E-state index is 0. The molecule has 0 aliphatic rings. The molecular weight excluding hydrogens is 146 g/mol. The summed E-state index contributed by atoms with van der Waals surface area (Å²) in [5.74, 6) is 5.95. The summed E-state index contributed by atoms with van der Waals surface area (Å²) in [4.78, 5) is 0. The molecule has 2 N–H and O–H groups in total. The molecule has 2 heteroatoms. The molecule has 0 unspecified atom stereocenters. The van der Waals surface area contributed by atoms with Crippen molar-refractivity contribution >= 4 is 12.4 Å². The average molecular weight is 162 g/mol. The van der Waals surface area contributed by atoms with Crippen molar-refractivity contribution in [3.05, 3.63) is 0 Å². The highest BCUT2D eigenvalue weighted by Crippen LogP contribution is 1.92. The van der Waals surface area contributed by atoms with E-state index in [0.29, 0.717) is 0 Å². The lowest BCUT2D eigenvalue weighted by Gasteiger charge is -2.06. The van der Waals surface area contributed by atoms with Crippen LogP contribution in [0.3, 0.4) is 0 Å². The average Bonchev–Trinajstić information content (AvgIpc) is 1.63. The topological polar surface area (TPSA) is 26.0 Å². The van der Waals surface area contributed by atoms with E-state index in [1.165, 1.54) is 0 Å². The Labute approximate surface area is 69.8 Å². The van der Waals surface area contributed by atoms with Crippen molar-refractivity contribution in [1.29, 1.82) is 0 Å². The van der Waals surface area contributed by atoms with Gasteiger partial charge in [-0.25, -0.2) is 0 Å². The molecule has 0 aromatic heterocycles. The van der Waals surface area contributed by atoms with Crippen molar-refractivity contribution in [3.8, 4) is 11.8 Å². The molecular formula is C8H16ClN. The Hall–Kier alpha value is -0.190. The van der Waals surface area contributed by atoms with Crippen LogP contribution in [0.5, 0.6) is 0 Å². The highest BCUT2D eigenvalue weighted by Gasteiger charge is 2.02. The first-order chi connectivity index (χ1) is 4.06. The maximum atomic E-state index is 5.60. The zero-order chi connectivity index (χ0) is 7.33. The molecule has 0 radical (unpaired) electrons. The fraction of sp³-hybridized carbons (Fsp3) is 0.750. The number of hydrogen-bond acceptors (Lipinski definition) is 1. The summed E-state index contributed by atoms with van der Waals surface area (Å²) in [6.07, 6.45) is 2.07. The van der Waals surface area contributed by atoms with Crippen molar-refractivity contribution in [3.63, 3.8) is 0 Å². The number of hydrogen-bond donors (Lipinski definition) is 1. The van der Waals surface area contributed by atoms with Crippen molar-refractivity contribution in [2.45, 2.75) is 39.2 Å². The summed E-state index contributed by atoms with van der Waals surface area (Å²) in [5.41, 5.74) is 5.29. The number of rotatable bonds is 1. The molecule has 0 saturated heterocycles. The third kappa shape index (κ3) is 10.7. The summed E-state index contributed by atoms with van der Waals surface area (Å²) >= 11 is 0. The Bertz CT molecular complexity index is 124. The Balaban J connectivity index is 0. The van der Waals surface area contributed by atoms with Crippen molar-refractivity contribution in [2.24, 2.45) is 5.73 Å². The lowest BCUT2D eigenvalue weighted by atomic mass is 10.1. The van der Waals surface area contributed by atoms with Gasteiger partial charge < -0.3 is 5.73 Å². The van der Waals surface area contributed by atoms with Gasteiger partial charge in [-0.2, -0.15) is 0 Å². The molecule has 0 bridgehead atoms. The van der Waals surface area contributed by atoms with E-state index in [1.54, 1.807) is 0 Å². The van der Waals surface area contributed by atoms with Crippen LogP contribution >= 0.6 is 12.4 Å². The number of unbranched alkanes of at least 4 members (excludes halogenated alkanes) is 1.